The molecule has 4 nitrogen and oxygen atoms in total. The molecular weight excluding hydrogens is 359 g/mol. The fourth-order valence-electron chi connectivity index (χ4n) is 2.84. The number of nitrogens with zero attached hydrogens (tertiary/aromatic N) is 1. The predicted octanol–water partition coefficient (Wildman–Crippen LogP) is 5.21. The Morgan fingerprint density at radius 2 is 1.88 bits per heavy atom. The van der Waals surface area contributed by atoms with Crippen LogP contribution >= 0.6 is 23.2 Å². The van der Waals surface area contributed by atoms with Crippen LogP contribution in [0.1, 0.15) is 47.9 Å². The summed E-state index contributed by atoms with van der Waals surface area (Å²) in [6.45, 7) is 6.60. The maximum atomic E-state index is 12.7. The highest BCUT2D eigenvalue weighted by atomic mass is 35.5. The van der Waals surface area contributed by atoms with Crippen molar-refractivity contribution in [2.75, 3.05) is 5.32 Å². The van der Waals surface area contributed by atoms with Crippen molar-refractivity contribution in [3.8, 4) is 0 Å². The lowest BCUT2D eigenvalue weighted by atomic mass is 10.1. The Kier molecular flexibility index (Phi) is 6.68. The lowest BCUT2D eigenvalue weighted by Gasteiger charge is -2.17. The quantitative estimate of drug-likeness (QED) is 0.698. The molecule has 2 rings (SSSR count). The fourth-order valence-corrected chi connectivity index (χ4v) is 3.17. The van der Waals surface area contributed by atoms with Gasteiger partial charge in [-0.2, -0.15) is 0 Å². The maximum absolute atomic E-state index is 12.7. The molecule has 1 aromatic carbocycles. The van der Waals surface area contributed by atoms with Gasteiger partial charge in [-0.25, -0.2) is 0 Å². The topological polar surface area (TPSA) is 51.1 Å². The predicted molar refractivity (Wildman–Crippen MR) is 104 cm³/mol. The van der Waals surface area contributed by atoms with Gasteiger partial charge in [-0.1, -0.05) is 43.0 Å². The summed E-state index contributed by atoms with van der Waals surface area (Å²) in [5.41, 5.74) is 1.75. The van der Waals surface area contributed by atoms with E-state index >= 15 is 0 Å². The standard InChI is InChI=1S/C19H22Cl2N2O2/c1-4-5-6-9-23-12(2)10-17(24)18(13(23)3)19(25)22-16-11-14(20)7-8-15(16)21/h7-8,10-11H,4-6,9H2,1-3H3,(H,22,25). The first-order valence-electron chi connectivity index (χ1n) is 8.32. The number of unbranched alkanes of at least 4 members (excludes halogenated alkanes) is 2. The van der Waals surface area contributed by atoms with Gasteiger partial charge < -0.3 is 9.88 Å². The van der Waals surface area contributed by atoms with Gasteiger partial charge in [0.25, 0.3) is 5.91 Å². The first-order chi connectivity index (χ1) is 11.8. The Bertz CT molecular complexity index is 844. The van der Waals surface area contributed by atoms with Gasteiger partial charge in [0.1, 0.15) is 5.56 Å². The zero-order valence-electron chi connectivity index (χ0n) is 14.7. The summed E-state index contributed by atoms with van der Waals surface area (Å²) in [5, 5.41) is 3.52. The number of rotatable bonds is 6. The van der Waals surface area contributed by atoms with Crippen molar-refractivity contribution in [2.24, 2.45) is 0 Å². The van der Waals surface area contributed by atoms with Crippen molar-refractivity contribution in [2.45, 2.75) is 46.6 Å². The van der Waals surface area contributed by atoms with E-state index in [0.717, 1.165) is 31.5 Å². The highest BCUT2D eigenvalue weighted by Crippen LogP contribution is 2.26. The van der Waals surface area contributed by atoms with Crippen molar-refractivity contribution in [3.63, 3.8) is 0 Å². The van der Waals surface area contributed by atoms with Crippen LogP contribution in [0.5, 0.6) is 0 Å². The minimum absolute atomic E-state index is 0.137. The largest absolute Gasteiger partial charge is 0.348 e. The van der Waals surface area contributed by atoms with E-state index in [1.165, 1.54) is 6.07 Å². The molecule has 0 bridgehead atoms. The highest BCUT2D eigenvalue weighted by Gasteiger charge is 2.18. The molecule has 1 aromatic heterocycles. The van der Waals surface area contributed by atoms with E-state index in [1.807, 2.05) is 11.5 Å². The summed E-state index contributed by atoms with van der Waals surface area (Å²) in [6.07, 6.45) is 3.21. The molecule has 0 aliphatic heterocycles. The van der Waals surface area contributed by atoms with Gasteiger partial charge in [0.05, 0.1) is 10.7 Å². The Balaban J connectivity index is 2.37. The fraction of sp³-hybridized carbons (Fsp3) is 0.368. The lowest BCUT2D eigenvalue weighted by Crippen LogP contribution is -2.27. The summed E-state index contributed by atoms with van der Waals surface area (Å²) in [7, 11) is 0. The van der Waals surface area contributed by atoms with Crippen LogP contribution in [0.2, 0.25) is 10.0 Å². The van der Waals surface area contributed by atoms with Crippen LogP contribution in [-0.2, 0) is 6.54 Å². The zero-order chi connectivity index (χ0) is 18.6. The Morgan fingerprint density at radius 1 is 1.16 bits per heavy atom. The van der Waals surface area contributed by atoms with Crippen LogP contribution in [0.3, 0.4) is 0 Å². The minimum atomic E-state index is -0.476. The molecule has 0 aliphatic carbocycles. The van der Waals surface area contributed by atoms with Crippen LogP contribution < -0.4 is 10.7 Å². The Labute approximate surface area is 157 Å². The lowest BCUT2D eigenvalue weighted by molar-refractivity contribution is 0.102. The van der Waals surface area contributed by atoms with Crippen molar-refractivity contribution >= 4 is 34.8 Å². The molecular formula is C19H22Cl2N2O2. The van der Waals surface area contributed by atoms with Crippen LogP contribution in [0.25, 0.3) is 0 Å². The molecule has 2 aromatic rings. The summed E-state index contributed by atoms with van der Waals surface area (Å²) < 4.78 is 2.02. The van der Waals surface area contributed by atoms with E-state index in [0.29, 0.717) is 21.4 Å². The van der Waals surface area contributed by atoms with E-state index in [2.05, 4.69) is 12.2 Å². The van der Waals surface area contributed by atoms with Crippen molar-refractivity contribution in [1.29, 1.82) is 0 Å². The van der Waals surface area contributed by atoms with Gasteiger partial charge in [-0.15, -0.1) is 0 Å². The number of anilines is 1. The number of hydrogen-bond donors (Lipinski definition) is 1. The molecule has 1 N–H and O–H groups in total. The van der Waals surface area contributed by atoms with Crippen molar-refractivity contribution < 1.29 is 4.79 Å². The summed E-state index contributed by atoms with van der Waals surface area (Å²) in [4.78, 5) is 25.1. The number of hydrogen-bond acceptors (Lipinski definition) is 2. The van der Waals surface area contributed by atoms with Crippen LogP contribution in [-0.4, -0.2) is 10.5 Å². The molecule has 0 fully saturated rings. The first kappa shape index (κ1) is 19.5. The second-order valence-electron chi connectivity index (χ2n) is 6.05. The third kappa shape index (κ3) is 4.65. The molecule has 0 radical (unpaired) electrons. The molecule has 1 heterocycles. The summed E-state index contributed by atoms with van der Waals surface area (Å²) >= 11 is 12.0. The number of pyridine rings is 1. The van der Waals surface area contributed by atoms with Crippen LogP contribution in [0.4, 0.5) is 5.69 Å². The van der Waals surface area contributed by atoms with E-state index in [4.69, 9.17) is 23.2 Å². The van der Waals surface area contributed by atoms with Gasteiger partial charge in [-0.05, 0) is 38.5 Å². The smallest absolute Gasteiger partial charge is 0.261 e. The molecule has 134 valence electrons. The molecule has 25 heavy (non-hydrogen) atoms. The number of aromatic nitrogens is 1. The number of carbonyl (C=O) groups excluding carboxylic acids is 1. The van der Waals surface area contributed by atoms with Crippen molar-refractivity contribution in [3.05, 3.63) is 61.5 Å². The third-order valence-corrected chi connectivity index (χ3v) is 4.73. The molecule has 0 unspecified atom stereocenters. The highest BCUT2D eigenvalue weighted by molar-refractivity contribution is 6.35. The zero-order valence-corrected chi connectivity index (χ0v) is 16.2. The average Bonchev–Trinajstić information content (AvgIpc) is 2.54. The van der Waals surface area contributed by atoms with Gasteiger partial charge in [0, 0.05) is 29.0 Å². The molecule has 0 aliphatic rings. The number of carbonyl (C=O) groups is 1. The monoisotopic (exact) mass is 380 g/mol. The van der Waals surface area contributed by atoms with Gasteiger partial charge in [0.2, 0.25) is 0 Å². The molecule has 0 saturated carbocycles. The molecule has 6 heteroatoms. The third-order valence-electron chi connectivity index (χ3n) is 4.17. The number of aryl methyl sites for hydroxylation is 1. The number of nitrogens with one attached hydrogen (secondary N) is 1. The molecule has 0 saturated heterocycles. The van der Waals surface area contributed by atoms with Gasteiger partial charge in [-0.3, -0.25) is 9.59 Å². The molecule has 1 amide bonds. The van der Waals surface area contributed by atoms with E-state index in [9.17, 15) is 9.59 Å². The van der Waals surface area contributed by atoms with E-state index in [1.54, 1.807) is 25.1 Å². The van der Waals surface area contributed by atoms with E-state index < -0.39 is 5.91 Å². The number of halogens is 2. The number of benzene rings is 1. The Morgan fingerprint density at radius 3 is 2.56 bits per heavy atom. The van der Waals surface area contributed by atoms with Gasteiger partial charge >= 0.3 is 0 Å². The maximum Gasteiger partial charge on any atom is 0.261 e. The second kappa shape index (κ2) is 8.54. The molecule has 0 atom stereocenters. The molecule has 0 spiro atoms. The minimum Gasteiger partial charge on any atom is -0.348 e. The summed E-state index contributed by atoms with van der Waals surface area (Å²) in [5.74, 6) is -0.476. The first-order valence-corrected chi connectivity index (χ1v) is 9.08. The van der Waals surface area contributed by atoms with Crippen molar-refractivity contribution in [1.82, 2.24) is 4.57 Å². The number of amides is 1. The summed E-state index contributed by atoms with van der Waals surface area (Å²) in [6, 6.07) is 6.31. The second-order valence-corrected chi connectivity index (χ2v) is 6.89. The van der Waals surface area contributed by atoms with E-state index in [-0.39, 0.29) is 11.0 Å². The SMILES string of the molecule is CCCCCn1c(C)cc(=O)c(C(=O)Nc2cc(Cl)ccc2Cl)c1C. The van der Waals surface area contributed by atoms with Crippen LogP contribution in [0, 0.1) is 13.8 Å². The van der Waals surface area contributed by atoms with Crippen LogP contribution in [0.15, 0.2) is 29.1 Å². The average molecular weight is 381 g/mol. The normalized spacial score (nSPS) is 10.8. The van der Waals surface area contributed by atoms with Gasteiger partial charge in [0.15, 0.2) is 5.43 Å². The Hall–Kier alpha value is -1.78.